The molecule has 0 saturated heterocycles. The Morgan fingerprint density at radius 1 is 0.847 bits per heavy atom. The van der Waals surface area contributed by atoms with Crippen molar-refractivity contribution in [1.82, 2.24) is 29.6 Å². The summed E-state index contributed by atoms with van der Waals surface area (Å²) >= 11 is 1.38. The molecule has 5 atom stereocenters. The van der Waals surface area contributed by atoms with Crippen molar-refractivity contribution in [3.8, 4) is 33.9 Å². The first-order valence-electron chi connectivity index (χ1n) is 27.7. The smallest absolute Gasteiger partial charge is 0.409 e. The van der Waals surface area contributed by atoms with Crippen LogP contribution in [0.5, 0.6) is 11.5 Å². The topological polar surface area (TPSA) is 323 Å². The van der Waals surface area contributed by atoms with Gasteiger partial charge in [0.25, 0.3) is 11.7 Å². The average molecular weight is 1180 g/mol. The number of fused-ring (bicyclic) bond motifs is 2. The Bertz CT molecular complexity index is 3810. The number of hydrogen-bond acceptors (Lipinski definition) is 19. The number of carboxylic acid groups (broad SMARTS) is 2. The summed E-state index contributed by atoms with van der Waals surface area (Å²) in [7, 11) is 1.59. The number of pyridine rings is 2. The van der Waals surface area contributed by atoms with E-state index >= 15 is 0 Å². The number of ether oxygens (including phenoxy) is 6. The van der Waals surface area contributed by atoms with Crippen LogP contribution in [0.15, 0.2) is 114 Å². The van der Waals surface area contributed by atoms with Crippen LogP contribution in [0.4, 0.5) is 9.93 Å². The largest absolute Gasteiger partial charge is 0.503 e. The van der Waals surface area contributed by atoms with Gasteiger partial charge in [0, 0.05) is 72.3 Å². The maximum absolute atomic E-state index is 13.7. The third-order valence-electron chi connectivity index (χ3n) is 16.3. The van der Waals surface area contributed by atoms with Crippen LogP contribution < -0.4 is 20.5 Å². The van der Waals surface area contributed by atoms with Gasteiger partial charge in [0.15, 0.2) is 10.8 Å². The number of hydrogen-bond donors (Lipinski definition) is 7. The Balaban J connectivity index is 0.756. The van der Waals surface area contributed by atoms with E-state index in [-0.39, 0.29) is 77.9 Å². The lowest BCUT2D eigenvalue weighted by atomic mass is 9.39. The fourth-order valence-corrected chi connectivity index (χ4v) is 14.7. The highest BCUT2D eigenvalue weighted by Gasteiger charge is 2.66. The number of aromatic nitrogens is 5. The molecule has 3 aromatic carbocycles. The third-order valence-corrected chi connectivity index (χ3v) is 17.2. The molecular formula is C61H64N8O15S. The molecule has 85 heavy (non-hydrogen) atoms. The summed E-state index contributed by atoms with van der Waals surface area (Å²) in [6, 6.07) is 22.7. The number of carboxylic acids is 2. The first-order chi connectivity index (χ1) is 40.6. The number of nitrogens with two attached hydrogens (primary N) is 1. The van der Waals surface area contributed by atoms with E-state index in [0.29, 0.717) is 63.7 Å². The molecule has 3 unspecified atom stereocenters. The molecule has 4 aromatic heterocycles. The SMILES string of the molecule is Cc1c(-c2ccc(-c3ccc4nccc(C(=O)Nc5nc6ccccc6s5)c4c3)nc2C(=O)O)cnn1CC12CC3(C)CC(OCCN(C)C(=O)OCc4ccc(OCCOCCN)cc4O[C@H]4OC(C(=O)O)=C(O)C(O)=C4O)(C1)C[C@@](C)(C3)C2. The highest BCUT2D eigenvalue weighted by atomic mass is 32.1. The number of rotatable bonds is 22. The second-order valence-corrected chi connectivity index (χ2v) is 24.3. The van der Waals surface area contributed by atoms with Crippen molar-refractivity contribution in [3.05, 3.63) is 137 Å². The van der Waals surface area contributed by atoms with E-state index in [4.69, 9.17) is 44.2 Å². The van der Waals surface area contributed by atoms with E-state index in [1.54, 1.807) is 61.9 Å². The second-order valence-electron chi connectivity index (χ2n) is 23.2. The molecule has 4 aliphatic carbocycles. The molecule has 12 rings (SSSR count). The number of carbonyl (C=O) groups is 4. The van der Waals surface area contributed by atoms with Crippen LogP contribution in [-0.4, -0.2) is 138 Å². The molecule has 0 radical (unpaired) electrons. The van der Waals surface area contributed by atoms with E-state index in [9.17, 15) is 44.7 Å². The van der Waals surface area contributed by atoms with Crippen molar-refractivity contribution in [2.75, 3.05) is 51.9 Å². The van der Waals surface area contributed by atoms with Gasteiger partial charge in [-0.15, -0.1) is 0 Å². The maximum atomic E-state index is 13.7. The summed E-state index contributed by atoms with van der Waals surface area (Å²) in [5.41, 5.74) is 9.47. The van der Waals surface area contributed by atoms with E-state index in [1.165, 1.54) is 28.4 Å². The molecule has 5 aliphatic rings. The number of nitrogens with one attached hydrogen (secondary N) is 1. The minimum Gasteiger partial charge on any atom is -0.503 e. The number of carbonyl (C=O) groups excluding carboxylic acids is 2. The Labute approximate surface area is 491 Å². The number of benzene rings is 3. The fourth-order valence-electron chi connectivity index (χ4n) is 13.8. The number of amides is 2. The van der Waals surface area contributed by atoms with Crippen molar-refractivity contribution in [3.63, 3.8) is 0 Å². The predicted octanol–water partition coefficient (Wildman–Crippen LogP) is 9.70. The van der Waals surface area contributed by atoms with Gasteiger partial charge in [0.05, 0.1) is 58.6 Å². The van der Waals surface area contributed by atoms with Gasteiger partial charge in [-0.05, 0) is 116 Å². The van der Waals surface area contributed by atoms with Gasteiger partial charge >= 0.3 is 24.3 Å². The zero-order chi connectivity index (χ0) is 60.0. The summed E-state index contributed by atoms with van der Waals surface area (Å²) in [4.78, 5) is 67.3. The number of aliphatic carboxylic acids is 1. The Kier molecular flexibility index (Phi) is 15.7. The summed E-state index contributed by atoms with van der Waals surface area (Å²) in [5, 5.41) is 60.0. The number of thiazole rings is 1. The first-order valence-corrected chi connectivity index (χ1v) is 28.5. The van der Waals surface area contributed by atoms with Gasteiger partial charge in [-0.2, -0.15) is 5.10 Å². The summed E-state index contributed by atoms with van der Waals surface area (Å²) < 4.78 is 37.8. The Morgan fingerprint density at radius 2 is 1.64 bits per heavy atom. The van der Waals surface area contributed by atoms with Crippen LogP contribution in [0.25, 0.3) is 43.5 Å². The van der Waals surface area contributed by atoms with Crippen LogP contribution in [-0.2, 0) is 36.9 Å². The molecule has 2 amide bonds. The van der Waals surface area contributed by atoms with Gasteiger partial charge in [-0.25, -0.2) is 24.4 Å². The second kappa shape index (κ2) is 23.0. The zero-order valence-electron chi connectivity index (χ0n) is 47.1. The number of anilines is 1. The first kappa shape index (κ1) is 58.0. The molecule has 4 saturated carbocycles. The van der Waals surface area contributed by atoms with Gasteiger partial charge in [0.2, 0.25) is 17.3 Å². The molecular weight excluding hydrogens is 1120 g/mol. The van der Waals surface area contributed by atoms with Gasteiger partial charge in [-0.1, -0.05) is 43.4 Å². The van der Waals surface area contributed by atoms with E-state index in [2.05, 4.69) is 29.1 Å². The van der Waals surface area contributed by atoms with E-state index in [1.807, 2.05) is 35.9 Å². The Morgan fingerprint density at radius 3 is 2.39 bits per heavy atom. The van der Waals surface area contributed by atoms with Gasteiger partial charge < -0.3 is 64.6 Å². The lowest BCUT2D eigenvalue weighted by Gasteiger charge is -2.69. The molecule has 23 nitrogen and oxygen atoms in total. The average Bonchev–Trinajstić information content (AvgIpc) is 0.964. The molecule has 1 aliphatic heterocycles. The molecule has 4 fully saturated rings. The van der Waals surface area contributed by atoms with Crippen LogP contribution >= 0.6 is 11.3 Å². The summed E-state index contributed by atoms with van der Waals surface area (Å²) in [6.07, 6.45) is 6.09. The van der Waals surface area contributed by atoms with Crippen LogP contribution in [0.2, 0.25) is 0 Å². The Hall–Kier alpha value is -8.84. The standard InChI is InChI=1S/C61H64N8O15S/c1-34-41(38-12-14-42(65-47(38)53(74)75)35-10-13-43-40(23-35)39(15-17-63-43)52(73)67-56-66-44-7-5-6-8-46(44)85-56)25-64-69(34)33-60-28-58(2)27-59(3,29-60)31-61(30-58,32-60)82-20-18-68(4)57(78)81-26-36-9-11-37(80-22-21-79-19-16-62)24-45(36)83-55-50(72)48(70)49(71)51(84-55)54(76)77/h5-15,17,23-25,55,70-72H,16,18-22,26-33,62H2,1-4H3,(H,74,75)(H,76,77)(H,66,67,73)/t55-,58-,59?,60?,61?/m0/s1. The van der Waals surface area contributed by atoms with Crippen LogP contribution in [0, 0.1) is 23.2 Å². The zero-order valence-corrected chi connectivity index (χ0v) is 47.9. The molecule has 7 aromatic rings. The molecule has 24 heteroatoms. The highest BCUT2D eigenvalue weighted by molar-refractivity contribution is 7.22. The number of aromatic carboxylic acids is 1. The number of nitrogens with zero attached hydrogens (tertiary/aromatic N) is 6. The quantitative estimate of drug-likeness (QED) is 0.0310. The molecule has 4 bridgehead atoms. The van der Waals surface area contributed by atoms with Crippen LogP contribution in [0.1, 0.15) is 84.5 Å². The van der Waals surface area contributed by atoms with Gasteiger partial charge in [0.1, 0.15) is 24.7 Å². The number of aliphatic hydroxyl groups excluding tert-OH is 3. The van der Waals surface area contributed by atoms with Crippen molar-refractivity contribution in [2.45, 2.75) is 84.3 Å². The fraction of sp³-hybridized carbons (Fsp3) is 0.377. The van der Waals surface area contributed by atoms with E-state index < -0.39 is 53.0 Å². The lowest BCUT2D eigenvalue weighted by Crippen LogP contribution is -2.64. The minimum absolute atomic E-state index is 0.0350. The highest BCUT2D eigenvalue weighted by Crippen LogP contribution is 2.72. The normalized spacial score (nSPS) is 22.4. The van der Waals surface area contributed by atoms with Crippen molar-refractivity contribution >= 4 is 61.5 Å². The van der Waals surface area contributed by atoms with Crippen LogP contribution in [0.3, 0.4) is 0 Å². The van der Waals surface area contributed by atoms with Crippen molar-refractivity contribution in [2.24, 2.45) is 22.0 Å². The molecule has 0 spiro atoms. The van der Waals surface area contributed by atoms with E-state index in [0.717, 1.165) is 54.4 Å². The van der Waals surface area contributed by atoms with Crippen molar-refractivity contribution in [1.29, 1.82) is 0 Å². The predicted molar refractivity (Wildman–Crippen MR) is 310 cm³/mol. The molecule has 444 valence electrons. The maximum Gasteiger partial charge on any atom is 0.409 e. The molecule has 5 heterocycles. The summed E-state index contributed by atoms with van der Waals surface area (Å²) in [6.45, 7) is 8.24. The number of likely N-dealkylation sites (N-methyl/N-ethyl adjacent to an activating group) is 1. The lowest BCUT2D eigenvalue weighted by molar-refractivity contribution is -0.248. The minimum atomic E-state index is -1.92. The number of aliphatic hydroxyl groups is 3. The third kappa shape index (κ3) is 11.9. The molecule has 8 N–H and O–H groups in total. The van der Waals surface area contributed by atoms with Gasteiger partial charge in [-0.3, -0.25) is 19.8 Å². The monoisotopic (exact) mass is 1180 g/mol. The van der Waals surface area contributed by atoms with Crippen molar-refractivity contribution < 1.29 is 73.1 Å². The summed E-state index contributed by atoms with van der Waals surface area (Å²) in [5.74, 6) is -7.50. The number of para-hydroxylation sites is 1.